The first kappa shape index (κ1) is 10.2. The number of pyridine rings is 1. The smallest absolute Gasteiger partial charge is 0.330 e. The first-order chi connectivity index (χ1) is 6.63. The van der Waals surface area contributed by atoms with Crippen molar-refractivity contribution >= 4 is 12.0 Å². The van der Waals surface area contributed by atoms with Gasteiger partial charge in [0.25, 0.3) is 0 Å². The lowest BCUT2D eigenvalue weighted by molar-refractivity contribution is -0.134. The summed E-state index contributed by atoms with van der Waals surface area (Å²) in [5.41, 5.74) is 0.692. The van der Waals surface area contributed by atoms with E-state index in [1.54, 1.807) is 25.4 Å². The molecule has 1 heterocycles. The summed E-state index contributed by atoms with van der Waals surface area (Å²) >= 11 is 0. The molecular formula is C10H11NO3. The average Bonchev–Trinajstić information content (AvgIpc) is 2.19. The Kier molecular flexibility index (Phi) is 3.23. The highest BCUT2D eigenvalue weighted by Crippen LogP contribution is 1.98. The summed E-state index contributed by atoms with van der Waals surface area (Å²) in [5, 5.41) is 0. The Morgan fingerprint density at radius 3 is 2.79 bits per heavy atom. The van der Waals surface area contributed by atoms with E-state index in [9.17, 15) is 9.59 Å². The SMILES string of the molecule is COC(=O)/C=C/c1ccc(=O)n(C)c1. The van der Waals surface area contributed by atoms with Gasteiger partial charge in [-0.25, -0.2) is 4.79 Å². The Balaban J connectivity index is 2.88. The number of esters is 1. The van der Waals surface area contributed by atoms with Gasteiger partial charge >= 0.3 is 5.97 Å². The van der Waals surface area contributed by atoms with E-state index in [1.165, 1.54) is 23.8 Å². The van der Waals surface area contributed by atoms with Crippen molar-refractivity contribution in [3.8, 4) is 0 Å². The zero-order chi connectivity index (χ0) is 10.6. The minimum Gasteiger partial charge on any atom is -0.466 e. The standard InChI is InChI=1S/C10H11NO3/c1-11-7-8(3-5-9(11)12)4-6-10(13)14-2/h3-7H,1-2H3/b6-4+. The fourth-order valence-electron chi connectivity index (χ4n) is 0.946. The van der Waals surface area contributed by atoms with Crippen LogP contribution in [-0.2, 0) is 16.6 Å². The second kappa shape index (κ2) is 4.41. The lowest BCUT2D eigenvalue weighted by Crippen LogP contribution is -2.14. The van der Waals surface area contributed by atoms with Gasteiger partial charge in [-0.05, 0) is 17.7 Å². The molecule has 0 unspecified atom stereocenters. The Morgan fingerprint density at radius 1 is 1.50 bits per heavy atom. The van der Waals surface area contributed by atoms with Crippen LogP contribution in [0.2, 0.25) is 0 Å². The lowest BCUT2D eigenvalue weighted by atomic mass is 10.2. The minimum atomic E-state index is -0.418. The lowest BCUT2D eigenvalue weighted by Gasteiger charge is -1.97. The van der Waals surface area contributed by atoms with Crippen LogP contribution in [0.15, 0.2) is 29.2 Å². The fraction of sp³-hybridized carbons (Fsp3) is 0.200. The molecule has 0 aliphatic carbocycles. The maximum Gasteiger partial charge on any atom is 0.330 e. The van der Waals surface area contributed by atoms with E-state index in [1.807, 2.05) is 0 Å². The molecule has 0 N–H and O–H groups in total. The van der Waals surface area contributed by atoms with Gasteiger partial charge in [0, 0.05) is 25.4 Å². The molecule has 0 radical (unpaired) electrons. The van der Waals surface area contributed by atoms with Crippen molar-refractivity contribution < 1.29 is 9.53 Å². The van der Waals surface area contributed by atoms with Crippen LogP contribution in [0.3, 0.4) is 0 Å². The molecule has 0 aliphatic heterocycles. The first-order valence-electron chi connectivity index (χ1n) is 4.06. The maximum atomic E-state index is 11.0. The fourth-order valence-corrected chi connectivity index (χ4v) is 0.946. The summed E-state index contributed by atoms with van der Waals surface area (Å²) in [4.78, 5) is 21.8. The number of methoxy groups -OCH3 is 1. The Hall–Kier alpha value is -1.84. The van der Waals surface area contributed by atoms with Crippen molar-refractivity contribution in [1.29, 1.82) is 0 Å². The van der Waals surface area contributed by atoms with Crippen LogP contribution in [-0.4, -0.2) is 17.6 Å². The number of ether oxygens (including phenoxy) is 1. The van der Waals surface area contributed by atoms with Gasteiger partial charge in [-0.3, -0.25) is 4.79 Å². The third-order valence-electron chi connectivity index (χ3n) is 1.72. The Labute approximate surface area is 81.4 Å². The molecule has 0 aliphatic rings. The molecule has 14 heavy (non-hydrogen) atoms. The monoisotopic (exact) mass is 193 g/mol. The molecular weight excluding hydrogens is 182 g/mol. The van der Waals surface area contributed by atoms with Crippen LogP contribution in [0.1, 0.15) is 5.56 Å². The number of hydrogen-bond acceptors (Lipinski definition) is 3. The van der Waals surface area contributed by atoms with E-state index in [4.69, 9.17) is 0 Å². The highest BCUT2D eigenvalue weighted by molar-refractivity contribution is 5.86. The highest BCUT2D eigenvalue weighted by Gasteiger charge is 1.93. The molecule has 0 spiro atoms. The van der Waals surface area contributed by atoms with Crippen LogP contribution >= 0.6 is 0 Å². The van der Waals surface area contributed by atoms with Crippen LogP contribution in [0.25, 0.3) is 6.08 Å². The summed E-state index contributed by atoms with van der Waals surface area (Å²) < 4.78 is 5.87. The molecule has 0 amide bonds. The van der Waals surface area contributed by atoms with Gasteiger partial charge in [-0.15, -0.1) is 0 Å². The van der Waals surface area contributed by atoms with Gasteiger partial charge in [0.05, 0.1) is 7.11 Å². The normalized spacial score (nSPS) is 10.4. The molecule has 1 aromatic rings. The zero-order valence-corrected chi connectivity index (χ0v) is 8.06. The van der Waals surface area contributed by atoms with E-state index >= 15 is 0 Å². The number of carbonyl (C=O) groups is 1. The largest absolute Gasteiger partial charge is 0.466 e. The van der Waals surface area contributed by atoms with Gasteiger partial charge < -0.3 is 9.30 Å². The molecule has 4 nitrogen and oxygen atoms in total. The van der Waals surface area contributed by atoms with Crippen LogP contribution in [0, 0.1) is 0 Å². The van der Waals surface area contributed by atoms with Crippen LogP contribution in [0.5, 0.6) is 0 Å². The second-order valence-corrected chi connectivity index (χ2v) is 2.77. The van der Waals surface area contributed by atoms with Gasteiger partial charge in [-0.1, -0.05) is 0 Å². The summed E-state index contributed by atoms with van der Waals surface area (Å²) in [5.74, 6) is -0.418. The van der Waals surface area contributed by atoms with E-state index in [-0.39, 0.29) is 5.56 Å². The average molecular weight is 193 g/mol. The van der Waals surface area contributed by atoms with Gasteiger partial charge in [0.2, 0.25) is 5.56 Å². The van der Waals surface area contributed by atoms with Crippen molar-refractivity contribution in [3.05, 3.63) is 40.3 Å². The third kappa shape index (κ3) is 2.58. The number of rotatable bonds is 2. The first-order valence-corrected chi connectivity index (χ1v) is 4.06. The molecule has 0 bridgehead atoms. The Morgan fingerprint density at radius 2 is 2.21 bits per heavy atom. The van der Waals surface area contributed by atoms with Crippen molar-refractivity contribution in [2.24, 2.45) is 7.05 Å². The molecule has 0 saturated carbocycles. The second-order valence-electron chi connectivity index (χ2n) is 2.77. The van der Waals surface area contributed by atoms with Gasteiger partial charge in [0.15, 0.2) is 0 Å². The number of hydrogen-bond donors (Lipinski definition) is 0. The molecule has 1 rings (SSSR count). The molecule has 0 saturated heterocycles. The predicted octanol–water partition coefficient (Wildman–Crippen LogP) is 0.571. The van der Waals surface area contributed by atoms with Crippen molar-refractivity contribution in [2.75, 3.05) is 7.11 Å². The van der Waals surface area contributed by atoms with Crippen LogP contribution < -0.4 is 5.56 Å². The van der Waals surface area contributed by atoms with Crippen molar-refractivity contribution in [3.63, 3.8) is 0 Å². The topological polar surface area (TPSA) is 48.3 Å². The summed E-state index contributed by atoms with van der Waals surface area (Å²) in [6.45, 7) is 0. The maximum absolute atomic E-state index is 11.0. The van der Waals surface area contributed by atoms with Gasteiger partial charge in [0.1, 0.15) is 0 Å². The van der Waals surface area contributed by atoms with E-state index in [2.05, 4.69) is 4.74 Å². The molecule has 4 heteroatoms. The number of aromatic nitrogens is 1. The summed E-state index contributed by atoms with van der Waals surface area (Å²) in [7, 11) is 2.96. The Bertz CT molecular complexity index is 418. The van der Waals surface area contributed by atoms with Crippen LogP contribution in [0.4, 0.5) is 0 Å². The van der Waals surface area contributed by atoms with E-state index < -0.39 is 5.97 Å². The summed E-state index contributed by atoms with van der Waals surface area (Å²) in [6.07, 6.45) is 4.53. The van der Waals surface area contributed by atoms with E-state index in [0.717, 1.165) is 5.56 Å². The molecule has 0 fully saturated rings. The predicted molar refractivity (Wildman–Crippen MR) is 52.7 cm³/mol. The van der Waals surface area contributed by atoms with E-state index in [0.29, 0.717) is 0 Å². The number of carbonyl (C=O) groups excluding carboxylic acids is 1. The molecule has 74 valence electrons. The quantitative estimate of drug-likeness (QED) is 0.509. The summed E-state index contributed by atoms with van der Waals surface area (Å²) in [6, 6.07) is 3.08. The van der Waals surface area contributed by atoms with Gasteiger partial charge in [-0.2, -0.15) is 0 Å². The molecule has 1 aromatic heterocycles. The number of aryl methyl sites for hydroxylation is 1. The van der Waals surface area contributed by atoms with Crippen molar-refractivity contribution in [1.82, 2.24) is 4.57 Å². The molecule has 0 aromatic carbocycles. The highest BCUT2D eigenvalue weighted by atomic mass is 16.5. The zero-order valence-electron chi connectivity index (χ0n) is 8.06. The molecule has 0 atom stereocenters. The number of nitrogens with zero attached hydrogens (tertiary/aromatic N) is 1. The minimum absolute atomic E-state index is 0.0831. The van der Waals surface area contributed by atoms with Crippen molar-refractivity contribution in [2.45, 2.75) is 0 Å². The third-order valence-corrected chi connectivity index (χ3v) is 1.72.